The predicted molar refractivity (Wildman–Crippen MR) is 77.0 cm³/mol. The number of halogens is 1. The summed E-state index contributed by atoms with van der Waals surface area (Å²) in [5.74, 6) is -0.364. The molecule has 0 saturated heterocycles. The zero-order chi connectivity index (χ0) is 14.5. The summed E-state index contributed by atoms with van der Waals surface area (Å²) >= 11 is 5.83. The second kappa shape index (κ2) is 6.21. The van der Waals surface area contributed by atoms with E-state index in [0.29, 0.717) is 16.3 Å². The van der Waals surface area contributed by atoms with Gasteiger partial charge in [-0.2, -0.15) is 5.10 Å². The van der Waals surface area contributed by atoms with Crippen LogP contribution in [0, 0.1) is 6.92 Å². The van der Waals surface area contributed by atoms with Gasteiger partial charge in [-0.3, -0.25) is 14.7 Å². The summed E-state index contributed by atoms with van der Waals surface area (Å²) in [5.41, 5.74) is 3.89. The minimum Gasteiger partial charge on any atom is -0.302 e. The number of hydrogen-bond donors (Lipinski definition) is 3. The lowest BCUT2D eigenvalue weighted by Crippen LogP contribution is -2.23. The molecule has 0 aliphatic heterocycles. The lowest BCUT2D eigenvalue weighted by Gasteiger charge is -1.98. The second-order valence-electron chi connectivity index (χ2n) is 4.21. The molecule has 0 aliphatic carbocycles. The van der Waals surface area contributed by atoms with E-state index >= 15 is 0 Å². The number of nitrogens with one attached hydrogen (secondary N) is 3. The number of hydrogen-bond acceptors (Lipinski definition) is 3. The fraction of sp³-hybridized carbons (Fsp3) is 0.154. The number of carbonyl (C=O) groups excluding carboxylic acids is 1. The molecule has 0 atom stereocenters. The fourth-order valence-electron chi connectivity index (χ4n) is 1.65. The number of carbonyl (C=O) groups is 1. The highest BCUT2D eigenvalue weighted by Crippen LogP contribution is 2.08. The number of benzene rings is 1. The van der Waals surface area contributed by atoms with E-state index < -0.39 is 0 Å². The number of aromatic amines is 2. The van der Waals surface area contributed by atoms with Crippen LogP contribution in [0.15, 0.2) is 34.2 Å². The summed E-state index contributed by atoms with van der Waals surface area (Å²) in [6, 6.07) is 7.06. The van der Waals surface area contributed by atoms with Crippen molar-refractivity contribution in [2.45, 2.75) is 13.3 Å². The molecule has 2 rings (SSSR count). The summed E-state index contributed by atoms with van der Waals surface area (Å²) in [5, 5.41) is 9.49. The summed E-state index contributed by atoms with van der Waals surface area (Å²) in [4.78, 5) is 23.0. The minimum absolute atomic E-state index is 0.0302. The van der Waals surface area contributed by atoms with Gasteiger partial charge in [0.25, 0.3) is 5.56 Å². The van der Waals surface area contributed by atoms with Gasteiger partial charge in [-0.15, -0.1) is 0 Å². The maximum atomic E-state index is 11.7. The molecule has 2 aromatic rings. The molecule has 0 spiro atoms. The Bertz CT molecular complexity index is 702. The van der Waals surface area contributed by atoms with Crippen molar-refractivity contribution in [1.29, 1.82) is 0 Å². The molecule has 7 heteroatoms. The molecule has 6 nitrogen and oxygen atoms in total. The fourth-order valence-corrected chi connectivity index (χ4v) is 1.85. The lowest BCUT2D eigenvalue weighted by molar-refractivity contribution is -0.120. The predicted octanol–water partition coefficient (Wildman–Crippen LogP) is 1.36. The third-order valence-electron chi connectivity index (χ3n) is 2.68. The summed E-state index contributed by atoms with van der Waals surface area (Å²) < 4.78 is 0. The molecule has 3 N–H and O–H groups in total. The van der Waals surface area contributed by atoms with Crippen LogP contribution in [0.1, 0.15) is 16.8 Å². The molecule has 0 saturated carbocycles. The molecule has 0 unspecified atom stereocenters. The molecule has 104 valence electrons. The molecule has 0 fully saturated rings. The molecule has 0 aliphatic rings. The van der Waals surface area contributed by atoms with Crippen LogP contribution in [0.25, 0.3) is 0 Å². The van der Waals surface area contributed by atoms with E-state index in [9.17, 15) is 9.59 Å². The first-order valence-electron chi connectivity index (χ1n) is 5.90. The number of aromatic nitrogens is 2. The highest BCUT2D eigenvalue weighted by atomic mass is 35.5. The second-order valence-corrected chi connectivity index (χ2v) is 4.64. The van der Waals surface area contributed by atoms with E-state index in [0.717, 1.165) is 5.56 Å². The van der Waals surface area contributed by atoms with E-state index in [-0.39, 0.29) is 17.9 Å². The van der Waals surface area contributed by atoms with Gasteiger partial charge in [0.1, 0.15) is 0 Å². The van der Waals surface area contributed by atoms with Crippen LogP contribution in [0.4, 0.5) is 0 Å². The third-order valence-corrected chi connectivity index (χ3v) is 2.91. The largest absolute Gasteiger partial charge is 0.302 e. The van der Waals surface area contributed by atoms with Crippen molar-refractivity contribution in [3.63, 3.8) is 0 Å². The molecule has 1 aromatic heterocycles. The summed E-state index contributed by atoms with van der Waals surface area (Å²) in [6.07, 6.45) is 1.45. The smallest absolute Gasteiger partial charge is 0.267 e. The highest BCUT2D eigenvalue weighted by molar-refractivity contribution is 6.30. The van der Waals surface area contributed by atoms with Gasteiger partial charge >= 0.3 is 0 Å². The average Bonchev–Trinajstić information content (AvgIpc) is 2.71. The van der Waals surface area contributed by atoms with Crippen molar-refractivity contribution >= 4 is 23.7 Å². The van der Waals surface area contributed by atoms with Gasteiger partial charge in [0.05, 0.1) is 12.6 Å². The molecular formula is C13H13ClN4O2. The van der Waals surface area contributed by atoms with Crippen LogP contribution in [0.2, 0.25) is 5.02 Å². The first kappa shape index (κ1) is 14.1. The zero-order valence-electron chi connectivity index (χ0n) is 10.7. The minimum atomic E-state index is -0.364. The number of amides is 1. The average molecular weight is 293 g/mol. The first-order chi connectivity index (χ1) is 9.56. The van der Waals surface area contributed by atoms with Crippen molar-refractivity contribution in [2.75, 3.05) is 0 Å². The Balaban J connectivity index is 1.94. The molecule has 0 radical (unpaired) electrons. The lowest BCUT2D eigenvalue weighted by atomic mass is 10.2. The van der Waals surface area contributed by atoms with Crippen LogP contribution >= 0.6 is 11.6 Å². The van der Waals surface area contributed by atoms with Gasteiger partial charge in [-0.05, 0) is 24.6 Å². The van der Waals surface area contributed by atoms with Crippen molar-refractivity contribution in [2.24, 2.45) is 5.10 Å². The SMILES string of the molecule is Cc1[nH][nH]c(=O)c1CC(=O)N/N=C\c1cccc(Cl)c1. The number of nitrogens with zero attached hydrogens (tertiary/aromatic N) is 1. The Morgan fingerprint density at radius 1 is 1.45 bits per heavy atom. The van der Waals surface area contributed by atoms with Crippen molar-refractivity contribution < 1.29 is 4.79 Å². The van der Waals surface area contributed by atoms with Gasteiger partial charge in [0.15, 0.2) is 0 Å². The summed E-state index contributed by atoms with van der Waals surface area (Å²) in [6.45, 7) is 1.72. The Labute approximate surface area is 119 Å². The van der Waals surface area contributed by atoms with E-state index in [1.54, 1.807) is 25.1 Å². The van der Waals surface area contributed by atoms with E-state index in [1.807, 2.05) is 6.07 Å². The number of aryl methyl sites for hydroxylation is 1. The monoisotopic (exact) mass is 292 g/mol. The van der Waals surface area contributed by atoms with Gasteiger partial charge in [-0.25, -0.2) is 5.43 Å². The number of hydrazone groups is 1. The maximum Gasteiger partial charge on any atom is 0.267 e. The van der Waals surface area contributed by atoms with Crippen LogP contribution < -0.4 is 11.0 Å². The van der Waals surface area contributed by atoms with Crippen LogP contribution in [0.5, 0.6) is 0 Å². The summed E-state index contributed by atoms with van der Waals surface area (Å²) in [7, 11) is 0. The third kappa shape index (κ3) is 3.58. The number of rotatable bonds is 4. The van der Waals surface area contributed by atoms with Crippen molar-refractivity contribution in [3.05, 3.63) is 56.5 Å². The van der Waals surface area contributed by atoms with Crippen LogP contribution in [-0.2, 0) is 11.2 Å². The van der Waals surface area contributed by atoms with Crippen LogP contribution in [0.3, 0.4) is 0 Å². The normalized spacial score (nSPS) is 10.9. The molecule has 1 aromatic carbocycles. The quantitative estimate of drug-likeness (QED) is 0.586. The molecule has 1 heterocycles. The van der Waals surface area contributed by atoms with E-state index in [4.69, 9.17) is 11.6 Å². The van der Waals surface area contributed by atoms with E-state index in [1.165, 1.54) is 6.21 Å². The van der Waals surface area contributed by atoms with Gasteiger partial charge in [0.2, 0.25) is 5.91 Å². The van der Waals surface area contributed by atoms with Gasteiger partial charge in [-0.1, -0.05) is 23.7 Å². The van der Waals surface area contributed by atoms with Crippen molar-refractivity contribution in [3.8, 4) is 0 Å². The standard InChI is InChI=1S/C13H13ClN4O2/c1-8-11(13(20)18-16-8)6-12(19)17-15-7-9-3-2-4-10(14)5-9/h2-5,7H,6H2,1H3,(H,17,19)(H2,16,18,20)/b15-7-. The Kier molecular flexibility index (Phi) is 4.37. The Morgan fingerprint density at radius 3 is 2.90 bits per heavy atom. The van der Waals surface area contributed by atoms with E-state index in [2.05, 4.69) is 20.7 Å². The van der Waals surface area contributed by atoms with Crippen molar-refractivity contribution in [1.82, 2.24) is 15.6 Å². The van der Waals surface area contributed by atoms with Crippen LogP contribution in [-0.4, -0.2) is 22.3 Å². The van der Waals surface area contributed by atoms with Gasteiger partial charge in [0, 0.05) is 16.3 Å². The highest BCUT2D eigenvalue weighted by Gasteiger charge is 2.10. The Morgan fingerprint density at radius 2 is 2.25 bits per heavy atom. The molecule has 20 heavy (non-hydrogen) atoms. The topological polar surface area (TPSA) is 90.1 Å². The number of H-pyrrole nitrogens is 2. The maximum absolute atomic E-state index is 11.7. The molecular weight excluding hydrogens is 280 g/mol. The zero-order valence-corrected chi connectivity index (χ0v) is 11.5. The van der Waals surface area contributed by atoms with Gasteiger partial charge < -0.3 is 5.10 Å². The molecule has 1 amide bonds. The Hall–Kier alpha value is -2.34. The first-order valence-corrected chi connectivity index (χ1v) is 6.27. The molecule has 0 bridgehead atoms.